The third-order valence-electron chi connectivity index (χ3n) is 4.37. The molecule has 0 bridgehead atoms. The van der Waals surface area contributed by atoms with Crippen molar-refractivity contribution in [3.63, 3.8) is 0 Å². The zero-order valence-corrected chi connectivity index (χ0v) is 14.0. The van der Waals surface area contributed by atoms with E-state index in [1.165, 1.54) is 12.8 Å². The monoisotopic (exact) mass is 331 g/mol. The number of hydrogen-bond acceptors (Lipinski definition) is 4. The number of amides is 1. The highest BCUT2D eigenvalue weighted by atomic mass is 16.7. The molecule has 0 unspecified atom stereocenters. The molecule has 1 heterocycles. The van der Waals surface area contributed by atoms with Gasteiger partial charge in [-0.25, -0.2) is 0 Å². The summed E-state index contributed by atoms with van der Waals surface area (Å²) in [6.45, 7) is 3.24. The number of benzene rings is 1. The fraction of sp³-hybridized carbons (Fsp3) is 0.526. The van der Waals surface area contributed by atoms with Crippen LogP contribution in [0, 0.1) is 11.8 Å². The minimum absolute atomic E-state index is 0.0362. The molecule has 0 saturated heterocycles. The number of carbonyl (C=O) groups is 1. The predicted molar refractivity (Wildman–Crippen MR) is 89.6 cm³/mol. The number of aliphatic hydroxyl groups excluding tert-OH is 1. The number of rotatable bonds is 7. The Balaban J connectivity index is 1.50. The number of nitrogens with one attached hydrogen (secondary N) is 1. The molecule has 1 fully saturated rings. The second-order valence-electron chi connectivity index (χ2n) is 6.73. The zero-order valence-electron chi connectivity index (χ0n) is 14.0. The first-order chi connectivity index (χ1) is 11.6. The predicted octanol–water partition coefficient (Wildman–Crippen LogP) is 2.49. The van der Waals surface area contributed by atoms with Crippen molar-refractivity contribution < 1.29 is 19.4 Å². The van der Waals surface area contributed by atoms with Crippen LogP contribution in [-0.4, -0.2) is 23.8 Å². The number of carbonyl (C=O) groups excluding carboxylic acids is 1. The van der Waals surface area contributed by atoms with Crippen LogP contribution in [-0.2, 0) is 27.5 Å². The molecule has 2 atom stereocenters. The Bertz CT molecular complexity index is 592. The maximum Gasteiger partial charge on any atom is 0.286 e. The van der Waals surface area contributed by atoms with Crippen LogP contribution in [0.3, 0.4) is 0 Å². The van der Waals surface area contributed by atoms with E-state index < -0.39 is 6.29 Å². The highest BCUT2D eigenvalue weighted by molar-refractivity contribution is 5.91. The molecule has 1 aliphatic heterocycles. The van der Waals surface area contributed by atoms with Crippen molar-refractivity contribution in [1.29, 1.82) is 0 Å². The first kappa shape index (κ1) is 17.0. The van der Waals surface area contributed by atoms with E-state index in [9.17, 15) is 4.79 Å². The van der Waals surface area contributed by atoms with Gasteiger partial charge in [0, 0.05) is 13.0 Å². The lowest BCUT2D eigenvalue weighted by atomic mass is 10.0. The normalized spacial score (nSPS) is 23.3. The number of ether oxygens (including phenoxy) is 2. The standard InChI is InChI=1S/C19H25NO4/c1-13-8-17(19(22)20-10-14-2-3-14)24-18(9-13)23-12-16-6-4-15(11-21)5-7-16/h4-8,13-14,18,21H,2-3,9-12H2,1H3,(H,20,22)/t13-,18+/m1/s1. The van der Waals surface area contributed by atoms with Crippen LogP contribution in [0.4, 0.5) is 0 Å². The average Bonchev–Trinajstić information content (AvgIpc) is 3.42. The molecule has 1 aromatic carbocycles. The molecule has 1 amide bonds. The van der Waals surface area contributed by atoms with Crippen molar-refractivity contribution in [2.75, 3.05) is 6.54 Å². The first-order valence-corrected chi connectivity index (χ1v) is 8.61. The Morgan fingerprint density at radius 1 is 1.29 bits per heavy atom. The summed E-state index contributed by atoms with van der Waals surface area (Å²) < 4.78 is 11.6. The Labute approximate surface area is 142 Å². The van der Waals surface area contributed by atoms with Crippen molar-refractivity contribution in [2.45, 2.75) is 45.7 Å². The van der Waals surface area contributed by atoms with Crippen LogP contribution in [0.5, 0.6) is 0 Å². The molecule has 0 spiro atoms. The maximum atomic E-state index is 12.2. The van der Waals surface area contributed by atoms with Crippen molar-refractivity contribution in [3.05, 3.63) is 47.2 Å². The summed E-state index contributed by atoms with van der Waals surface area (Å²) >= 11 is 0. The molecule has 5 nitrogen and oxygen atoms in total. The molecular weight excluding hydrogens is 306 g/mol. The van der Waals surface area contributed by atoms with E-state index in [1.54, 1.807) is 0 Å². The van der Waals surface area contributed by atoms with Gasteiger partial charge in [0.1, 0.15) is 0 Å². The van der Waals surface area contributed by atoms with Crippen LogP contribution < -0.4 is 5.32 Å². The van der Waals surface area contributed by atoms with Gasteiger partial charge in [0.05, 0.1) is 13.2 Å². The van der Waals surface area contributed by atoms with Crippen LogP contribution in [0.1, 0.15) is 37.3 Å². The van der Waals surface area contributed by atoms with E-state index in [1.807, 2.05) is 30.3 Å². The smallest absolute Gasteiger partial charge is 0.286 e. The third-order valence-corrected chi connectivity index (χ3v) is 4.37. The summed E-state index contributed by atoms with van der Waals surface area (Å²) in [4.78, 5) is 12.2. The lowest BCUT2D eigenvalue weighted by Gasteiger charge is -2.27. The van der Waals surface area contributed by atoms with Gasteiger partial charge in [-0.05, 0) is 41.9 Å². The van der Waals surface area contributed by atoms with E-state index in [2.05, 4.69) is 12.2 Å². The van der Waals surface area contributed by atoms with Gasteiger partial charge in [0.25, 0.3) is 5.91 Å². The lowest BCUT2D eigenvalue weighted by molar-refractivity contribution is -0.152. The number of hydrogen-bond donors (Lipinski definition) is 2. The van der Waals surface area contributed by atoms with Crippen molar-refractivity contribution >= 4 is 5.91 Å². The molecule has 130 valence electrons. The maximum absolute atomic E-state index is 12.2. The van der Waals surface area contributed by atoms with Crippen LogP contribution in [0.2, 0.25) is 0 Å². The molecule has 1 aliphatic carbocycles. The van der Waals surface area contributed by atoms with E-state index >= 15 is 0 Å². The summed E-state index contributed by atoms with van der Waals surface area (Å²) in [5, 5.41) is 12.0. The van der Waals surface area contributed by atoms with E-state index in [0.29, 0.717) is 18.3 Å². The highest BCUT2D eigenvalue weighted by Gasteiger charge is 2.27. The van der Waals surface area contributed by atoms with E-state index in [0.717, 1.165) is 24.1 Å². The van der Waals surface area contributed by atoms with Crippen molar-refractivity contribution in [2.24, 2.45) is 11.8 Å². The third kappa shape index (κ3) is 4.82. The lowest BCUT2D eigenvalue weighted by Crippen LogP contribution is -2.33. The second kappa shape index (κ2) is 7.81. The molecule has 0 radical (unpaired) electrons. The van der Waals surface area contributed by atoms with Gasteiger partial charge in [-0.15, -0.1) is 0 Å². The SMILES string of the molecule is C[C@@H]1C=C(C(=O)NCC2CC2)O[C@H](OCc2ccc(CO)cc2)C1. The van der Waals surface area contributed by atoms with Gasteiger partial charge in [-0.3, -0.25) is 4.79 Å². The molecule has 0 aromatic heterocycles. The Kier molecular flexibility index (Phi) is 5.53. The van der Waals surface area contributed by atoms with Crippen LogP contribution in [0.25, 0.3) is 0 Å². The molecule has 1 saturated carbocycles. The highest BCUT2D eigenvalue weighted by Crippen LogP contribution is 2.28. The van der Waals surface area contributed by atoms with E-state index in [-0.39, 0.29) is 18.4 Å². The minimum atomic E-state index is -0.413. The van der Waals surface area contributed by atoms with Crippen molar-refractivity contribution in [1.82, 2.24) is 5.32 Å². The summed E-state index contributed by atoms with van der Waals surface area (Å²) in [6.07, 6.45) is 4.60. The van der Waals surface area contributed by atoms with Gasteiger partial charge in [-0.1, -0.05) is 31.2 Å². The molecule has 2 aliphatic rings. The summed E-state index contributed by atoms with van der Waals surface area (Å²) in [5.74, 6) is 1.11. The Hall–Kier alpha value is -1.85. The summed E-state index contributed by atoms with van der Waals surface area (Å²) in [6, 6.07) is 7.60. The largest absolute Gasteiger partial charge is 0.459 e. The minimum Gasteiger partial charge on any atom is -0.459 e. The summed E-state index contributed by atoms with van der Waals surface area (Å²) in [5.41, 5.74) is 1.89. The van der Waals surface area contributed by atoms with Gasteiger partial charge in [0.2, 0.25) is 6.29 Å². The van der Waals surface area contributed by atoms with Gasteiger partial charge in [-0.2, -0.15) is 0 Å². The van der Waals surface area contributed by atoms with Gasteiger partial charge < -0.3 is 19.9 Å². The first-order valence-electron chi connectivity index (χ1n) is 8.61. The molecular formula is C19H25NO4. The summed E-state index contributed by atoms with van der Waals surface area (Å²) in [7, 11) is 0. The van der Waals surface area contributed by atoms with E-state index in [4.69, 9.17) is 14.6 Å². The number of aliphatic hydroxyl groups is 1. The Morgan fingerprint density at radius 2 is 2.00 bits per heavy atom. The molecule has 5 heteroatoms. The topological polar surface area (TPSA) is 67.8 Å². The molecule has 2 N–H and O–H groups in total. The fourth-order valence-electron chi connectivity index (χ4n) is 2.67. The van der Waals surface area contributed by atoms with Gasteiger partial charge >= 0.3 is 0 Å². The molecule has 1 aromatic rings. The Morgan fingerprint density at radius 3 is 2.67 bits per heavy atom. The molecule has 24 heavy (non-hydrogen) atoms. The quantitative estimate of drug-likeness (QED) is 0.805. The second-order valence-corrected chi connectivity index (χ2v) is 6.73. The number of allylic oxidation sites excluding steroid dienone is 1. The zero-order chi connectivity index (χ0) is 16.9. The van der Waals surface area contributed by atoms with Crippen LogP contribution >= 0.6 is 0 Å². The van der Waals surface area contributed by atoms with Crippen LogP contribution in [0.15, 0.2) is 36.1 Å². The fourth-order valence-corrected chi connectivity index (χ4v) is 2.67. The van der Waals surface area contributed by atoms with Crippen molar-refractivity contribution in [3.8, 4) is 0 Å². The van der Waals surface area contributed by atoms with Gasteiger partial charge in [0.15, 0.2) is 5.76 Å². The average molecular weight is 331 g/mol. The molecule has 3 rings (SSSR count).